The van der Waals surface area contributed by atoms with E-state index in [9.17, 15) is 9.59 Å². The molecule has 0 bridgehead atoms. The molecule has 1 amide bonds. The first-order chi connectivity index (χ1) is 13.6. The van der Waals surface area contributed by atoms with Crippen LogP contribution in [-0.2, 0) is 0 Å². The molecule has 0 radical (unpaired) electrons. The fourth-order valence-electron chi connectivity index (χ4n) is 3.75. The van der Waals surface area contributed by atoms with Crippen LogP contribution in [0.15, 0.2) is 16.9 Å². The Hall–Kier alpha value is -2.43. The molecule has 146 valence electrons. The van der Waals surface area contributed by atoms with Gasteiger partial charge >= 0.3 is 0 Å². The lowest BCUT2D eigenvalue weighted by Gasteiger charge is -2.14. The second-order valence-electron chi connectivity index (χ2n) is 6.86. The smallest absolute Gasteiger partial charge is 0.265 e. The van der Waals surface area contributed by atoms with E-state index < -0.39 is 0 Å². The number of benzene rings is 1. The van der Waals surface area contributed by atoms with Crippen molar-refractivity contribution < 1.29 is 14.3 Å². The van der Waals surface area contributed by atoms with Gasteiger partial charge in [0.05, 0.1) is 10.9 Å². The Kier molecular flexibility index (Phi) is 4.33. The summed E-state index contributed by atoms with van der Waals surface area (Å²) in [6.07, 6.45) is 2.43. The largest absolute Gasteiger partial charge is 0.454 e. The molecule has 5 rings (SSSR count). The summed E-state index contributed by atoms with van der Waals surface area (Å²) in [7, 11) is 0. The molecule has 0 spiro atoms. The molecule has 0 saturated carbocycles. The second-order valence-corrected chi connectivity index (χ2v) is 8.51. The number of H-pyrrole nitrogens is 1. The van der Waals surface area contributed by atoms with Crippen molar-refractivity contribution in [3.63, 3.8) is 0 Å². The van der Waals surface area contributed by atoms with E-state index in [4.69, 9.17) is 21.7 Å². The summed E-state index contributed by atoms with van der Waals surface area (Å²) in [5.74, 6) is 0.858. The molecule has 0 atom stereocenters. The van der Waals surface area contributed by atoms with Crippen LogP contribution < -0.4 is 20.3 Å². The van der Waals surface area contributed by atoms with Gasteiger partial charge in [-0.25, -0.2) is 0 Å². The normalized spacial score (nSPS) is 16.3. The number of aromatic amines is 1. The van der Waals surface area contributed by atoms with Gasteiger partial charge in [0.25, 0.3) is 11.5 Å². The summed E-state index contributed by atoms with van der Waals surface area (Å²) in [6, 6.07) is 3.38. The average Bonchev–Trinajstić information content (AvgIpc) is 3.40. The van der Waals surface area contributed by atoms with Gasteiger partial charge in [0.15, 0.2) is 15.5 Å². The van der Waals surface area contributed by atoms with Gasteiger partial charge in [0, 0.05) is 19.2 Å². The van der Waals surface area contributed by atoms with Crippen LogP contribution in [0, 0.1) is 3.95 Å². The van der Waals surface area contributed by atoms with Crippen LogP contribution in [-0.4, -0.2) is 53.2 Å². The number of hydrogen-bond donors (Lipinski definition) is 2. The van der Waals surface area contributed by atoms with E-state index >= 15 is 0 Å². The van der Waals surface area contributed by atoms with Crippen LogP contribution in [0.25, 0.3) is 16.6 Å². The van der Waals surface area contributed by atoms with Gasteiger partial charge in [0.2, 0.25) is 6.79 Å². The van der Waals surface area contributed by atoms with Crippen molar-refractivity contribution in [1.29, 1.82) is 0 Å². The van der Waals surface area contributed by atoms with Gasteiger partial charge < -0.3 is 24.7 Å². The Balaban J connectivity index is 1.52. The molecule has 0 aliphatic carbocycles. The summed E-state index contributed by atoms with van der Waals surface area (Å²) in [5, 5.41) is 3.38. The van der Waals surface area contributed by atoms with Crippen molar-refractivity contribution >= 4 is 46.0 Å². The van der Waals surface area contributed by atoms with Gasteiger partial charge in [-0.05, 0) is 44.2 Å². The summed E-state index contributed by atoms with van der Waals surface area (Å²) >= 11 is 6.68. The third-order valence-electron chi connectivity index (χ3n) is 5.14. The number of ether oxygens (including phenoxy) is 2. The van der Waals surface area contributed by atoms with E-state index in [0.29, 0.717) is 43.4 Å². The van der Waals surface area contributed by atoms with Crippen molar-refractivity contribution in [3.8, 4) is 11.5 Å². The number of likely N-dealkylation sites (tertiary alicyclic amines) is 1. The number of nitrogens with zero attached hydrogens (tertiary/aromatic N) is 2. The first kappa shape index (κ1) is 17.7. The zero-order valence-corrected chi connectivity index (χ0v) is 16.6. The molecule has 4 heterocycles. The molecule has 1 saturated heterocycles. The minimum absolute atomic E-state index is 0.117. The topological polar surface area (TPSA) is 88.1 Å². The molecule has 1 fully saturated rings. The highest BCUT2D eigenvalue weighted by Crippen LogP contribution is 2.35. The molecular weight excluding hydrogens is 400 g/mol. The number of thiazole rings is 1. The number of fused-ring (bicyclic) bond motifs is 4. The average molecular weight is 419 g/mol. The van der Waals surface area contributed by atoms with E-state index in [1.165, 1.54) is 24.2 Å². The lowest BCUT2D eigenvalue weighted by molar-refractivity contribution is 0.0955. The first-order valence-corrected chi connectivity index (χ1v) is 10.4. The van der Waals surface area contributed by atoms with Gasteiger partial charge in [0.1, 0.15) is 10.5 Å². The zero-order valence-electron chi connectivity index (χ0n) is 14.9. The summed E-state index contributed by atoms with van der Waals surface area (Å²) in [5.41, 5.74) is 0.706. The number of aromatic nitrogens is 2. The van der Waals surface area contributed by atoms with Crippen molar-refractivity contribution in [1.82, 2.24) is 19.6 Å². The van der Waals surface area contributed by atoms with Crippen LogP contribution >= 0.6 is 23.6 Å². The number of rotatable bonds is 4. The highest BCUT2D eigenvalue weighted by Gasteiger charge is 2.21. The highest BCUT2D eigenvalue weighted by atomic mass is 32.1. The van der Waals surface area contributed by atoms with Crippen LogP contribution in [0.1, 0.15) is 22.5 Å². The molecule has 8 nitrogen and oxygen atoms in total. The lowest BCUT2D eigenvalue weighted by atomic mass is 10.2. The maximum atomic E-state index is 12.7. The predicted molar refractivity (Wildman–Crippen MR) is 108 cm³/mol. The number of nitrogens with one attached hydrogen (secondary N) is 2. The molecule has 28 heavy (non-hydrogen) atoms. The first-order valence-electron chi connectivity index (χ1n) is 9.13. The third-order valence-corrected chi connectivity index (χ3v) is 6.51. The van der Waals surface area contributed by atoms with Crippen LogP contribution in [0.5, 0.6) is 11.5 Å². The lowest BCUT2D eigenvalue weighted by Crippen LogP contribution is -2.33. The van der Waals surface area contributed by atoms with E-state index in [-0.39, 0.29) is 18.3 Å². The number of carbonyl (C=O) groups is 1. The number of carbonyl (C=O) groups excluding carboxylic acids is 1. The maximum absolute atomic E-state index is 12.7. The predicted octanol–water partition coefficient (Wildman–Crippen LogP) is 2.13. The van der Waals surface area contributed by atoms with Crippen molar-refractivity contribution in [2.24, 2.45) is 0 Å². The minimum Gasteiger partial charge on any atom is -0.454 e. The molecule has 2 aromatic heterocycles. The fraction of sp³-hybridized carbons (Fsp3) is 0.389. The van der Waals surface area contributed by atoms with Gasteiger partial charge in [-0.1, -0.05) is 11.3 Å². The molecular formula is C18H18N4O4S2. The fourth-order valence-corrected chi connectivity index (χ4v) is 5.05. The van der Waals surface area contributed by atoms with Crippen molar-refractivity contribution in [2.45, 2.75) is 12.8 Å². The van der Waals surface area contributed by atoms with Crippen molar-refractivity contribution in [3.05, 3.63) is 31.3 Å². The van der Waals surface area contributed by atoms with E-state index in [0.717, 1.165) is 19.6 Å². The number of amides is 1. The summed E-state index contributed by atoms with van der Waals surface area (Å²) < 4.78 is 13.0. The third kappa shape index (κ3) is 2.88. The minimum atomic E-state index is -0.299. The zero-order chi connectivity index (χ0) is 19.3. The van der Waals surface area contributed by atoms with Crippen molar-refractivity contribution in [2.75, 3.05) is 33.0 Å². The maximum Gasteiger partial charge on any atom is 0.265 e. The Labute approximate surface area is 168 Å². The molecule has 3 aromatic rings. The Bertz CT molecular complexity index is 1210. The number of hydrogen-bond acceptors (Lipinski definition) is 7. The van der Waals surface area contributed by atoms with E-state index in [2.05, 4.69) is 15.2 Å². The SMILES string of the molecule is O=C(NCCN1CCCC1)c1sc(=S)n2c1[nH]c(=O)c1cc3c(cc12)OCO3. The molecule has 10 heteroatoms. The Morgan fingerprint density at radius 1 is 1.25 bits per heavy atom. The standard InChI is InChI=1S/C18H18N4O4S2/c23-16-10-7-12-13(26-9-25-12)8-11(10)22-15(20-16)14(28-18(22)27)17(24)19-3-6-21-4-1-2-5-21/h7-8H,1-6,9H2,(H,19,24)(H,20,23). The van der Waals surface area contributed by atoms with E-state index in [1.54, 1.807) is 16.5 Å². The molecule has 2 aliphatic rings. The van der Waals surface area contributed by atoms with Crippen LogP contribution in [0.3, 0.4) is 0 Å². The van der Waals surface area contributed by atoms with Gasteiger partial charge in [-0.3, -0.25) is 14.0 Å². The summed E-state index contributed by atoms with van der Waals surface area (Å²) in [6.45, 7) is 3.67. The Morgan fingerprint density at radius 3 is 2.79 bits per heavy atom. The molecule has 0 unspecified atom stereocenters. The molecule has 1 aromatic carbocycles. The van der Waals surface area contributed by atoms with E-state index in [1.807, 2.05) is 0 Å². The van der Waals surface area contributed by atoms with Gasteiger partial charge in [-0.2, -0.15) is 0 Å². The quantitative estimate of drug-likeness (QED) is 0.631. The van der Waals surface area contributed by atoms with Gasteiger partial charge in [-0.15, -0.1) is 0 Å². The monoisotopic (exact) mass is 418 g/mol. The second kappa shape index (κ2) is 6.87. The summed E-state index contributed by atoms with van der Waals surface area (Å²) in [4.78, 5) is 30.9. The Morgan fingerprint density at radius 2 is 2.00 bits per heavy atom. The molecule has 2 aliphatic heterocycles. The van der Waals surface area contributed by atoms with Crippen LogP contribution in [0.2, 0.25) is 0 Å². The van der Waals surface area contributed by atoms with Crippen LogP contribution in [0.4, 0.5) is 0 Å². The molecule has 2 N–H and O–H groups in total. The highest BCUT2D eigenvalue weighted by molar-refractivity contribution is 7.73.